The average molecular weight is 747 g/mol. The van der Waals surface area contributed by atoms with E-state index in [1.807, 2.05) is 0 Å². The van der Waals surface area contributed by atoms with Crippen molar-refractivity contribution in [3.63, 3.8) is 0 Å². The van der Waals surface area contributed by atoms with Crippen LogP contribution in [0.3, 0.4) is 0 Å². The topological polar surface area (TPSA) is 0 Å². The first-order chi connectivity index (χ1) is 22.8. The van der Waals surface area contributed by atoms with Crippen molar-refractivity contribution in [1.29, 1.82) is 0 Å². The van der Waals surface area contributed by atoms with Crippen LogP contribution >= 0.6 is 11.6 Å². The van der Waals surface area contributed by atoms with Crippen molar-refractivity contribution in [2.75, 3.05) is 0 Å². The third kappa shape index (κ3) is 7.02. The molecule has 0 amide bonds. The summed E-state index contributed by atoms with van der Waals surface area (Å²) < 4.78 is 4.90. The number of halogens is 1. The van der Waals surface area contributed by atoms with Crippen LogP contribution in [-0.2, 0) is 49.3 Å². The van der Waals surface area contributed by atoms with E-state index in [4.69, 9.17) is 11.6 Å². The fourth-order valence-electron chi connectivity index (χ4n) is 8.02. The van der Waals surface area contributed by atoms with Gasteiger partial charge >= 0.3 is 312 Å². The van der Waals surface area contributed by atoms with Gasteiger partial charge in [-0.3, -0.25) is 0 Å². The second-order valence-electron chi connectivity index (χ2n) is 18.4. The van der Waals surface area contributed by atoms with Gasteiger partial charge in [0.2, 0.25) is 0 Å². The van der Waals surface area contributed by atoms with Gasteiger partial charge < -0.3 is 0 Å². The van der Waals surface area contributed by atoms with Gasteiger partial charge in [0, 0.05) is 0 Å². The molecule has 49 heavy (non-hydrogen) atoms. The van der Waals surface area contributed by atoms with E-state index >= 15 is 0 Å². The summed E-state index contributed by atoms with van der Waals surface area (Å²) >= 11 is 3.59. The fraction of sp³-hybridized carbons (Fsp3) is 0.383. The number of rotatable bonds is 4. The molecule has 254 valence electrons. The monoisotopic (exact) mass is 744 g/mol. The Hall–Kier alpha value is -2.60. The zero-order valence-electron chi connectivity index (χ0n) is 32.0. The number of hydrogen-bond donors (Lipinski definition) is 0. The number of fused-ring (bicyclic) bond motifs is 3. The van der Waals surface area contributed by atoms with Gasteiger partial charge in [-0.05, 0) is 0 Å². The van der Waals surface area contributed by atoms with Crippen LogP contribution in [0.2, 0.25) is 5.02 Å². The molecule has 0 atom stereocenters. The number of benzene rings is 4. The zero-order chi connectivity index (χ0) is 35.7. The molecule has 0 aliphatic heterocycles. The van der Waals surface area contributed by atoms with E-state index in [0.717, 1.165) is 17.9 Å². The third-order valence-corrected chi connectivity index (χ3v) is 18.3. The molecule has 0 aromatic heterocycles. The molecular weight excluding hydrogens is 691 g/mol. The Labute approximate surface area is 309 Å². The minimum atomic E-state index is -2.95. The number of allylic oxidation sites excluding steroid dienone is 4. The molecule has 0 unspecified atom stereocenters. The van der Waals surface area contributed by atoms with Crippen LogP contribution in [0.25, 0.3) is 11.1 Å². The van der Waals surface area contributed by atoms with E-state index in [1.54, 1.807) is 20.9 Å². The molecule has 0 nitrogen and oxygen atoms in total. The van der Waals surface area contributed by atoms with Gasteiger partial charge in [0.25, 0.3) is 0 Å². The van der Waals surface area contributed by atoms with Crippen molar-refractivity contribution in [2.24, 2.45) is 0 Å². The summed E-state index contributed by atoms with van der Waals surface area (Å²) in [5.41, 5.74) is 14.8. The molecule has 0 fully saturated rings. The molecule has 2 aliphatic carbocycles. The van der Waals surface area contributed by atoms with Crippen LogP contribution in [-0.4, -0.2) is 3.21 Å². The first kappa shape index (κ1) is 36.2. The second kappa shape index (κ2) is 12.9. The molecule has 2 heteroatoms. The summed E-state index contributed by atoms with van der Waals surface area (Å²) in [6.45, 7) is 28.9. The number of hydrogen-bond acceptors (Lipinski definition) is 0. The van der Waals surface area contributed by atoms with Gasteiger partial charge in [-0.25, -0.2) is 0 Å². The van der Waals surface area contributed by atoms with Crippen molar-refractivity contribution < 1.29 is 21.3 Å². The molecule has 6 rings (SSSR count). The van der Waals surface area contributed by atoms with Crippen LogP contribution in [0.4, 0.5) is 0 Å². The van der Waals surface area contributed by atoms with Gasteiger partial charge in [-0.2, -0.15) is 0 Å². The van der Waals surface area contributed by atoms with E-state index in [0.29, 0.717) is 0 Å². The summed E-state index contributed by atoms with van der Waals surface area (Å²) in [6.07, 6.45) is 9.20. The Morgan fingerprint density at radius 3 is 1.69 bits per heavy atom. The minimum absolute atomic E-state index is 0.0168. The first-order valence-corrected chi connectivity index (χ1v) is 22.1. The summed E-state index contributed by atoms with van der Waals surface area (Å²) in [5.74, 6) is 0. The molecule has 2 aliphatic rings. The molecular formula is C47H55ClZr. The molecule has 4 aromatic carbocycles. The van der Waals surface area contributed by atoms with Crippen molar-refractivity contribution in [3.05, 3.63) is 144 Å². The van der Waals surface area contributed by atoms with E-state index in [-0.39, 0.29) is 21.7 Å². The van der Waals surface area contributed by atoms with Crippen LogP contribution < -0.4 is 3.27 Å². The summed E-state index contributed by atoms with van der Waals surface area (Å²) in [6, 6.07) is 27.8. The Morgan fingerprint density at radius 1 is 0.612 bits per heavy atom. The maximum atomic E-state index is 6.55. The Kier molecular flexibility index (Phi) is 9.51. The van der Waals surface area contributed by atoms with Crippen LogP contribution in [0.5, 0.6) is 0 Å². The Bertz CT molecular complexity index is 2010. The molecule has 0 heterocycles. The first-order valence-electron chi connectivity index (χ1n) is 18.1. The van der Waals surface area contributed by atoms with E-state index in [1.165, 1.54) is 44.5 Å². The third-order valence-electron chi connectivity index (χ3n) is 10.3. The molecule has 0 bridgehead atoms. The normalized spacial score (nSPS) is 15.2. The maximum absolute atomic E-state index is 6.55. The van der Waals surface area contributed by atoms with Gasteiger partial charge in [0.05, 0.1) is 0 Å². The van der Waals surface area contributed by atoms with Gasteiger partial charge in [-0.1, -0.05) is 0 Å². The standard InChI is InChI=1S/C29H41.C13H9Cl.C5H5.Zr/c1-26(2,3)22-14-18-13-19-15-23(27(4,5)6)25(29(10,11)12)17-21(19)20(18)16-24(22)28(7,8)9;14-13-8-6-12(7-9-13)10-11-4-2-1-3-5-11;1-2-4-5-3-1;/h14,16-17H,13H2,1-12H3;1-9H;1-3H,4H2;. The second-order valence-corrected chi connectivity index (χ2v) is 24.7. The molecule has 0 N–H and O–H groups in total. The van der Waals surface area contributed by atoms with E-state index in [2.05, 4.69) is 174 Å². The summed E-state index contributed by atoms with van der Waals surface area (Å²) in [7, 11) is 0. The van der Waals surface area contributed by atoms with Gasteiger partial charge in [0.1, 0.15) is 0 Å². The zero-order valence-corrected chi connectivity index (χ0v) is 35.2. The average Bonchev–Trinajstić information content (AvgIpc) is 3.66. The van der Waals surface area contributed by atoms with Crippen molar-refractivity contribution >= 4 is 18.1 Å². The van der Waals surface area contributed by atoms with Crippen molar-refractivity contribution in [3.8, 4) is 11.1 Å². The summed E-state index contributed by atoms with van der Waals surface area (Å²) in [5, 5.41) is 0.786. The van der Waals surface area contributed by atoms with Crippen LogP contribution in [0, 0.1) is 0 Å². The predicted octanol–water partition coefficient (Wildman–Crippen LogP) is 12.5. The Balaban J connectivity index is 1.84. The SMILES string of the molecule is CC(C)(C)c1cc2c(cc1C(C)(C)C)-c1cc(C(C)(C)C)c(C(C)(C)C)[c](/[Zr]([C]3=CC=CC3)=[C](/c3ccccc3)c3ccc(Cl)cc3)c1C2. The molecule has 0 saturated heterocycles. The van der Waals surface area contributed by atoms with Gasteiger partial charge in [-0.15, -0.1) is 0 Å². The fourth-order valence-corrected chi connectivity index (χ4v) is 17.2. The predicted molar refractivity (Wildman–Crippen MR) is 212 cm³/mol. The molecule has 0 saturated carbocycles. The Morgan fingerprint density at radius 2 is 1.16 bits per heavy atom. The van der Waals surface area contributed by atoms with Crippen LogP contribution in [0.15, 0.2) is 94.3 Å². The van der Waals surface area contributed by atoms with Gasteiger partial charge in [0.15, 0.2) is 0 Å². The molecule has 0 spiro atoms. The van der Waals surface area contributed by atoms with Crippen LogP contribution in [0.1, 0.15) is 134 Å². The van der Waals surface area contributed by atoms with E-state index in [9.17, 15) is 0 Å². The van der Waals surface area contributed by atoms with Crippen molar-refractivity contribution in [2.45, 2.75) is 118 Å². The van der Waals surface area contributed by atoms with Crippen molar-refractivity contribution in [1.82, 2.24) is 0 Å². The molecule has 4 aromatic rings. The quantitative estimate of drug-likeness (QED) is 0.172. The van der Waals surface area contributed by atoms with E-state index < -0.39 is 21.3 Å². The summed E-state index contributed by atoms with van der Waals surface area (Å²) in [4.78, 5) is 0. The molecule has 0 radical (unpaired) electrons.